The lowest BCUT2D eigenvalue weighted by Crippen LogP contribution is -2.31. The maximum absolute atomic E-state index is 13.5. The zero-order valence-electron chi connectivity index (χ0n) is 18.5. The van der Waals surface area contributed by atoms with Crippen molar-refractivity contribution >= 4 is 28.5 Å². The number of halogens is 1. The van der Waals surface area contributed by atoms with E-state index in [2.05, 4.69) is 10.1 Å². The molecule has 9 heteroatoms. The first kappa shape index (κ1) is 20.2. The number of carbonyl (C=O) groups is 2. The van der Waals surface area contributed by atoms with E-state index in [9.17, 15) is 14.0 Å². The molecule has 0 radical (unpaired) electrons. The number of rotatable bonds is 4. The maximum Gasteiger partial charge on any atom is 0.261 e. The van der Waals surface area contributed by atoms with Crippen molar-refractivity contribution in [1.82, 2.24) is 29.0 Å². The van der Waals surface area contributed by atoms with Crippen LogP contribution >= 0.6 is 0 Å². The highest BCUT2D eigenvalue weighted by atomic mass is 19.1. The van der Waals surface area contributed by atoms with Crippen LogP contribution in [-0.4, -0.2) is 47.4 Å². The van der Waals surface area contributed by atoms with Crippen molar-refractivity contribution in [1.29, 1.82) is 0 Å². The van der Waals surface area contributed by atoms with E-state index < -0.39 is 0 Å². The van der Waals surface area contributed by atoms with Gasteiger partial charge < -0.3 is 0 Å². The average Bonchev–Trinajstić information content (AvgIpc) is 3.45. The number of hydrogen-bond acceptors (Lipinski definition) is 5. The molecule has 0 unspecified atom stereocenters. The van der Waals surface area contributed by atoms with E-state index in [1.54, 1.807) is 47.2 Å². The molecule has 0 N–H and O–H groups in total. The van der Waals surface area contributed by atoms with Crippen LogP contribution < -0.4 is 0 Å². The summed E-state index contributed by atoms with van der Waals surface area (Å²) < 4.78 is 17.0. The topological polar surface area (TPSA) is 85.4 Å². The Hall–Kier alpha value is -4.40. The third-order valence-electron chi connectivity index (χ3n) is 6.40. The fourth-order valence-corrected chi connectivity index (χ4v) is 4.57. The lowest BCUT2D eigenvalue weighted by atomic mass is 10.1. The molecule has 0 atom stereocenters. The molecule has 0 aliphatic carbocycles. The van der Waals surface area contributed by atoms with Gasteiger partial charge in [0.25, 0.3) is 11.8 Å². The van der Waals surface area contributed by atoms with Gasteiger partial charge in [-0.25, -0.2) is 18.9 Å². The second kappa shape index (κ2) is 7.31. The van der Waals surface area contributed by atoms with Crippen molar-refractivity contribution in [2.75, 3.05) is 6.54 Å². The molecular formula is C25H19FN6O2. The van der Waals surface area contributed by atoms with Crippen LogP contribution in [0.25, 0.3) is 22.4 Å². The third kappa shape index (κ3) is 2.86. The lowest BCUT2D eigenvalue weighted by molar-refractivity contribution is 0.0655. The normalized spacial score (nSPS) is 13.4. The van der Waals surface area contributed by atoms with Gasteiger partial charge in [0.15, 0.2) is 17.1 Å². The summed E-state index contributed by atoms with van der Waals surface area (Å²) in [6, 6.07) is 13.1. The first-order valence-corrected chi connectivity index (χ1v) is 10.9. The van der Waals surface area contributed by atoms with Crippen molar-refractivity contribution in [3.8, 4) is 5.69 Å². The molecule has 3 aromatic heterocycles. The molecule has 0 saturated carbocycles. The number of carbonyl (C=O) groups excluding carboxylic acids is 2. The summed E-state index contributed by atoms with van der Waals surface area (Å²) in [5.41, 5.74) is 4.97. The minimum absolute atomic E-state index is 0.189. The highest BCUT2D eigenvalue weighted by molar-refractivity contribution is 6.21. The molecule has 1 aliphatic heterocycles. The maximum atomic E-state index is 13.5. The average molecular weight is 454 g/mol. The van der Waals surface area contributed by atoms with Gasteiger partial charge in [-0.05, 0) is 55.8 Å². The summed E-state index contributed by atoms with van der Waals surface area (Å²) in [4.78, 5) is 35.8. The van der Waals surface area contributed by atoms with Crippen LogP contribution in [0, 0.1) is 19.7 Å². The number of nitrogens with zero attached hydrogens (tertiary/aromatic N) is 6. The van der Waals surface area contributed by atoms with Gasteiger partial charge in [0.2, 0.25) is 0 Å². The molecule has 0 spiro atoms. The Balaban J connectivity index is 1.36. The molecule has 0 saturated heterocycles. The Morgan fingerprint density at radius 2 is 1.59 bits per heavy atom. The van der Waals surface area contributed by atoms with E-state index in [-0.39, 0.29) is 24.2 Å². The van der Waals surface area contributed by atoms with Crippen molar-refractivity contribution in [3.63, 3.8) is 0 Å². The van der Waals surface area contributed by atoms with Crippen molar-refractivity contribution in [2.24, 2.45) is 0 Å². The van der Waals surface area contributed by atoms with Crippen molar-refractivity contribution in [2.45, 2.75) is 20.3 Å². The van der Waals surface area contributed by atoms with Crippen molar-refractivity contribution < 1.29 is 14.0 Å². The van der Waals surface area contributed by atoms with E-state index in [1.807, 2.05) is 18.4 Å². The summed E-state index contributed by atoms with van der Waals surface area (Å²) in [6.07, 6.45) is 1.92. The number of amides is 2. The minimum atomic E-state index is -0.301. The van der Waals surface area contributed by atoms with Crippen LogP contribution in [0.1, 0.15) is 37.8 Å². The Morgan fingerprint density at radius 1 is 0.912 bits per heavy atom. The first-order valence-electron chi connectivity index (χ1n) is 10.9. The fraction of sp³-hybridized carbons (Fsp3) is 0.160. The molecule has 0 bridgehead atoms. The quantitative estimate of drug-likeness (QED) is 0.387. The standard InChI is InChI=1S/C25H19FN6O2/c1-14-15(2)32(17-9-7-16(26)8-10-17)22-21(14)23-28-20(29-31(23)13-27-22)11-12-30-24(33)18-5-3-4-6-19(18)25(30)34/h3-10,13H,11-12H2,1-2H3. The SMILES string of the molecule is Cc1c(C)n(-c2ccc(F)cc2)c2ncn3nc(CCN4C(=O)c5ccccc5C4=O)nc3c12. The zero-order chi connectivity index (χ0) is 23.6. The minimum Gasteiger partial charge on any atom is -0.298 e. The van der Waals surface area contributed by atoms with Crippen LogP contribution in [-0.2, 0) is 6.42 Å². The summed E-state index contributed by atoms with van der Waals surface area (Å²) in [7, 11) is 0. The molecular weight excluding hydrogens is 435 g/mol. The number of hydrogen-bond donors (Lipinski definition) is 0. The molecule has 168 valence electrons. The van der Waals surface area contributed by atoms with Crippen LogP contribution in [0.5, 0.6) is 0 Å². The molecule has 34 heavy (non-hydrogen) atoms. The summed E-state index contributed by atoms with van der Waals surface area (Å²) >= 11 is 0. The summed E-state index contributed by atoms with van der Waals surface area (Å²) in [5, 5.41) is 5.37. The Kier molecular flexibility index (Phi) is 4.35. The molecule has 2 aromatic carbocycles. The van der Waals surface area contributed by atoms with E-state index >= 15 is 0 Å². The zero-order valence-corrected chi connectivity index (χ0v) is 18.5. The van der Waals surface area contributed by atoms with Gasteiger partial charge in [0.05, 0.1) is 16.5 Å². The number of imide groups is 1. The molecule has 4 heterocycles. The second-order valence-corrected chi connectivity index (χ2v) is 8.32. The number of benzene rings is 2. The highest BCUT2D eigenvalue weighted by Gasteiger charge is 2.34. The van der Waals surface area contributed by atoms with Gasteiger partial charge in [-0.3, -0.25) is 19.1 Å². The smallest absolute Gasteiger partial charge is 0.261 e. The van der Waals surface area contributed by atoms with E-state index in [4.69, 9.17) is 4.98 Å². The van der Waals surface area contributed by atoms with Gasteiger partial charge in [0.1, 0.15) is 12.1 Å². The Labute approximate surface area is 193 Å². The van der Waals surface area contributed by atoms with Gasteiger partial charge in [-0.15, -0.1) is 5.10 Å². The second-order valence-electron chi connectivity index (χ2n) is 8.32. The molecule has 0 fully saturated rings. The van der Waals surface area contributed by atoms with Crippen LogP contribution in [0.3, 0.4) is 0 Å². The highest BCUT2D eigenvalue weighted by Crippen LogP contribution is 2.30. The predicted octanol–water partition coefficient (Wildman–Crippen LogP) is 3.66. The first-order chi connectivity index (χ1) is 16.4. The van der Waals surface area contributed by atoms with Gasteiger partial charge in [-0.1, -0.05) is 12.1 Å². The largest absolute Gasteiger partial charge is 0.298 e. The summed E-state index contributed by atoms with van der Waals surface area (Å²) in [5.74, 6) is -0.380. The fourth-order valence-electron chi connectivity index (χ4n) is 4.57. The molecule has 5 aromatic rings. The molecule has 8 nitrogen and oxygen atoms in total. The van der Waals surface area contributed by atoms with Crippen LogP contribution in [0.2, 0.25) is 0 Å². The summed E-state index contributed by atoms with van der Waals surface area (Å²) in [6.45, 7) is 4.16. The van der Waals surface area contributed by atoms with Crippen LogP contribution in [0.4, 0.5) is 4.39 Å². The molecule has 2 amide bonds. The lowest BCUT2D eigenvalue weighted by Gasteiger charge is -2.11. The molecule has 1 aliphatic rings. The van der Waals surface area contributed by atoms with E-state index in [0.717, 1.165) is 22.3 Å². The molecule has 6 rings (SSSR count). The van der Waals surface area contributed by atoms with Crippen molar-refractivity contribution in [3.05, 3.63) is 88.9 Å². The number of aryl methyl sites for hydroxylation is 1. The van der Waals surface area contributed by atoms with Crippen LogP contribution in [0.15, 0.2) is 54.9 Å². The predicted molar refractivity (Wildman–Crippen MR) is 123 cm³/mol. The van der Waals surface area contributed by atoms with Gasteiger partial charge in [0, 0.05) is 24.3 Å². The van der Waals surface area contributed by atoms with E-state index in [0.29, 0.717) is 34.7 Å². The van der Waals surface area contributed by atoms with E-state index in [1.165, 1.54) is 17.0 Å². The van der Waals surface area contributed by atoms with Gasteiger partial charge >= 0.3 is 0 Å². The Bertz CT molecular complexity index is 1600. The number of fused-ring (bicyclic) bond motifs is 4. The monoisotopic (exact) mass is 454 g/mol. The Morgan fingerprint density at radius 3 is 2.26 bits per heavy atom. The number of aromatic nitrogens is 5. The third-order valence-corrected chi connectivity index (χ3v) is 6.40. The van der Waals surface area contributed by atoms with Gasteiger partial charge in [-0.2, -0.15) is 0 Å².